The van der Waals surface area contributed by atoms with Crippen LogP contribution in [0.25, 0.3) is 11.3 Å². The fourth-order valence-electron chi connectivity index (χ4n) is 1.91. The van der Waals surface area contributed by atoms with Gasteiger partial charge in [0.15, 0.2) is 11.5 Å². The van der Waals surface area contributed by atoms with Gasteiger partial charge in [0.2, 0.25) is 0 Å². The van der Waals surface area contributed by atoms with Crippen LogP contribution in [0.15, 0.2) is 36.4 Å². The molecule has 0 fully saturated rings. The van der Waals surface area contributed by atoms with Crippen molar-refractivity contribution in [2.45, 2.75) is 6.92 Å². The molecular formula is C16H17NO4. The highest BCUT2D eigenvalue weighted by molar-refractivity contribution is 5.88. The molecule has 0 atom stereocenters. The number of esters is 1. The van der Waals surface area contributed by atoms with E-state index in [1.807, 2.05) is 18.2 Å². The number of aromatic nitrogens is 1. The van der Waals surface area contributed by atoms with Crippen LogP contribution in [0.4, 0.5) is 0 Å². The largest absolute Gasteiger partial charge is 0.493 e. The molecule has 0 aliphatic heterocycles. The van der Waals surface area contributed by atoms with Gasteiger partial charge in [-0.25, -0.2) is 9.78 Å². The minimum Gasteiger partial charge on any atom is -0.493 e. The number of benzene rings is 1. The summed E-state index contributed by atoms with van der Waals surface area (Å²) in [7, 11) is 3.15. The van der Waals surface area contributed by atoms with Crippen molar-refractivity contribution in [2.24, 2.45) is 0 Å². The van der Waals surface area contributed by atoms with Gasteiger partial charge < -0.3 is 14.2 Å². The van der Waals surface area contributed by atoms with Gasteiger partial charge in [-0.1, -0.05) is 6.07 Å². The van der Waals surface area contributed by atoms with Gasteiger partial charge in [-0.15, -0.1) is 0 Å². The maximum atomic E-state index is 11.7. The van der Waals surface area contributed by atoms with E-state index < -0.39 is 5.97 Å². The van der Waals surface area contributed by atoms with Gasteiger partial charge in [0, 0.05) is 5.56 Å². The second kappa shape index (κ2) is 6.74. The Morgan fingerprint density at radius 3 is 2.52 bits per heavy atom. The van der Waals surface area contributed by atoms with E-state index in [1.165, 1.54) is 0 Å². The minimum atomic E-state index is -0.431. The van der Waals surface area contributed by atoms with Crippen LogP contribution in [-0.4, -0.2) is 31.8 Å². The van der Waals surface area contributed by atoms with Crippen molar-refractivity contribution >= 4 is 5.97 Å². The standard InChI is InChI=1S/C16H17NO4/c1-4-21-16(18)13-7-5-6-12(17-13)11-8-9-14(19-2)15(10-11)20-3/h5-10H,4H2,1-3H3. The molecule has 110 valence electrons. The third kappa shape index (κ3) is 3.31. The van der Waals surface area contributed by atoms with Crippen molar-refractivity contribution in [1.82, 2.24) is 4.98 Å². The number of hydrogen-bond donors (Lipinski definition) is 0. The van der Waals surface area contributed by atoms with E-state index in [0.717, 1.165) is 5.56 Å². The SMILES string of the molecule is CCOC(=O)c1cccc(-c2ccc(OC)c(OC)c2)n1. The van der Waals surface area contributed by atoms with Crippen molar-refractivity contribution < 1.29 is 19.0 Å². The molecule has 0 saturated heterocycles. The first kappa shape index (κ1) is 14.8. The summed E-state index contributed by atoms with van der Waals surface area (Å²) in [6.07, 6.45) is 0. The Hall–Kier alpha value is -2.56. The van der Waals surface area contributed by atoms with Gasteiger partial charge in [-0.3, -0.25) is 0 Å². The van der Waals surface area contributed by atoms with Gasteiger partial charge >= 0.3 is 5.97 Å². The monoisotopic (exact) mass is 287 g/mol. The Labute approximate surface area is 123 Å². The van der Waals surface area contributed by atoms with Gasteiger partial charge in [0.1, 0.15) is 5.69 Å². The average molecular weight is 287 g/mol. The molecule has 1 aromatic carbocycles. The molecule has 0 radical (unpaired) electrons. The molecule has 0 saturated carbocycles. The van der Waals surface area contributed by atoms with Crippen LogP contribution in [0.1, 0.15) is 17.4 Å². The molecule has 0 bridgehead atoms. The summed E-state index contributed by atoms with van der Waals surface area (Å²) in [6, 6.07) is 10.7. The predicted molar refractivity (Wildman–Crippen MR) is 78.7 cm³/mol. The summed E-state index contributed by atoms with van der Waals surface area (Å²) >= 11 is 0. The van der Waals surface area contributed by atoms with Crippen LogP contribution in [0.3, 0.4) is 0 Å². The summed E-state index contributed by atoms with van der Waals surface area (Å²) in [5.41, 5.74) is 1.78. The van der Waals surface area contributed by atoms with Gasteiger partial charge in [-0.05, 0) is 37.3 Å². The number of pyridine rings is 1. The van der Waals surface area contributed by atoms with E-state index in [2.05, 4.69) is 4.98 Å². The van der Waals surface area contributed by atoms with Gasteiger partial charge in [-0.2, -0.15) is 0 Å². The lowest BCUT2D eigenvalue weighted by Gasteiger charge is -2.10. The molecule has 2 rings (SSSR count). The third-order valence-corrected chi connectivity index (χ3v) is 2.91. The van der Waals surface area contributed by atoms with E-state index in [1.54, 1.807) is 39.3 Å². The van der Waals surface area contributed by atoms with Crippen molar-refractivity contribution in [3.05, 3.63) is 42.1 Å². The average Bonchev–Trinajstić information content (AvgIpc) is 2.54. The fourth-order valence-corrected chi connectivity index (χ4v) is 1.91. The van der Waals surface area contributed by atoms with E-state index in [9.17, 15) is 4.79 Å². The van der Waals surface area contributed by atoms with Crippen LogP contribution < -0.4 is 9.47 Å². The lowest BCUT2D eigenvalue weighted by Crippen LogP contribution is -2.07. The molecule has 0 aliphatic rings. The van der Waals surface area contributed by atoms with Crippen LogP contribution >= 0.6 is 0 Å². The Balaban J connectivity index is 2.38. The first-order valence-electron chi connectivity index (χ1n) is 6.56. The first-order chi connectivity index (χ1) is 10.2. The molecule has 1 heterocycles. The third-order valence-electron chi connectivity index (χ3n) is 2.91. The molecule has 0 amide bonds. The Morgan fingerprint density at radius 1 is 1.10 bits per heavy atom. The first-order valence-corrected chi connectivity index (χ1v) is 6.56. The van der Waals surface area contributed by atoms with E-state index >= 15 is 0 Å². The quantitative estimate of drug-likeness (QED) is 0.791. The molecule has 0 unspecified atom stereocenters. The smallest absolute Gasteiger partial charge is 0.356 e. The Kier molecular flexibility index (Phi) is 4.77. The number of nitrogens with zero attached hydrogens (tertiary/aromatic N) is 1. The Morgan fingerprint density at radius 2 is 1.86 bits per heavy atom. The summed E-state index contributed by atoms with van der Waals surface area (Å²) in [6.45, 7) is 2.08. The zero-order valence-electron chi connectivity index (χ0n) is 12.3. The van der Waals surface area contributed by atoms with Crippen LogP contribution in [-0.2, 0) is 4.74 Å². The topological polar surface area (TPSA) is 57.7 Å². The number of methoxy groups -OCH3 is 2. The summed E-state index contributed by atoms with van der Waals surface area (Å²) in [5.74, 6) is 0.820. The molecule has 0 aliphatic carbocycles. The summed E-state index contributed by atoms with van der Waals surface area (Å²) in [4.78, 5) is 16.0. The Bertz CT molecular complexity index is 640. The number of rotatable bonds is 5. The zero-order valence-corrected chi connectivity index (χ0v) is 12.3. The van der Waals surface area contributed by atoms with E-state index in [0.29, 0.717) is 23.8 Å². The maximum absolute atomic E-state index is 11.7. The molecule has 0 N–H and O–H groups in total. The predicted octanol–water partition coefficient (Wildman–Crippen LogP) is 2.94. The van der Waals surface area contributed by atoms with Crippen molar-refractivity contribution in [3.8, 4) is 22.8 Å². The summed E-state index contributed by atoms with van der Waals surface area (Å²) < 4.78 is 15.4. The minimum absolute atomic E-state index is 0.282. The van der Waals surface area contributed by atoms with E-state index in [-0.39, 0.29) is 5.69 Å². The molecule has 0 spiro atoms. The van der Waals surface area contributed by atoms with E-state index in [4.69, 9.17) is 14.2 Å². The molecule has 5 nitrogen and oxygen atoms in total. The zero-order chi connectivity index (χ0) is 15.2. The number of hydrogen-bond acceptors (Lipinski definition) is 5. The molecular weight excluding hydrogens is 270 g/mol. The normalized spacial score (nSPS) is 10.0. The molecule has 1 aromatic heterocycles. The van der Waals surface area contributed by atoms with Gasteiger partial charge in [0.25, 0.3) is 0 Å². The van der Waals surface area contributed by atoms with Crippen molar-refractivity contribution in [1.29, 1.82) is 0 Å². The molecule has 2 aromatic rings. The number of carbonyl (C=O) groups is 1. The highest BCUT2D eigenvalue weighted by Crippen LogP contribution is 2.31. The molecule has 5 heteroatoms. The van der Waals surface area contributed by atoms with Crippen LogP contribution in [0.5, 0.6) is 11.5 Å². The van der Waals surface area contributed by atoms with Crippen LogP contribution in [0.2, 0.25) is 0 Å². The molecule has 21 heavy (non-hydrogen) atoms. The highest BCUT2D eigenvalue weighted by Gasteiger charge is 2.11. The second-order valence-corrected chi connectivity index (χ2v) is 4.20. The fraction of sp³-hybridized carbons (Fsp3) is 0.250. The number of carbonyl (C=O) groups excluding carboxylic acids is 1. The van der Waals surface area contributed by atoms with Gasteiger partial charge in [0.05, 0.1) is 26.5 Å². The lowest BCUT2D eigenvalue weighted by molar-refractivity contribution is 0.0519. The summed E-state index contributed by atoms with van der Waals surface area (Å²) in [5, 5.41) is 0. The second-order valence-electron chi connectivity index (χ2n) is 4.20. The van der Waals surface area contributed by atoms with Crippen LogP contribution in [0, 0.1) is 0 Å². The number of ether oxygens (including phenoxy) is 3. The lowest BCUT2D eigenvalue weighted by atomic mass is 10.1. The highest BCUT2D eigenvalue weighted by atomic mass is 16.5. The van der Waals surface area contributed by atoms with Crippen molar-refractivity contribution in [3.63, 3.8) is 0 Å². The van der Waals surface area contributed by atoms with Crippen molar-refractivity contribution in [2.75, 3.05) is 20.8 Å². The maximum Gasteiger partial charge on any atom is 0.356 e.